The molecule has 0 bridgehead atoms. The van der Waals surface area contributed by atoms with Gasteiger partial charge in [0.15, 0.2) is 0 Å². The summed E-state index contributed by atoms with van der Waals surface area (Å²) in [6, 6.07) is 14.2. The maximum atomic E-state index is 13.6. The van der Waals surface area contributed by atoms with E-state index in [1.54, 1.807) is 12.1 Å². The van der Waals surface area contributed by atoms with Crippen molar-refractivity contribution >= 4 is 5.69 Å². The van der Waals surface area contributed by atoms with Gasteiger partial charge in [-0.05, 0) is 42.5 Å². The Hall–Kier alpha value is -2.38. The normalized spacial score (nSPS) is 20.0. The van der Waals surface area contributed by atoms with E-state index in [1.165, 1.54) is 6.07 Å². The van der Waals surface area contributed by atoms with Crippen molar-refractivity contribution in [2.24, 2.45) is 0 Å². The summed E-state index contributed by atoms with van der Waals surface area (Å²) in [6.07, 6.45) is 2.51. The topological polar surface area (TPSA) is 56.0 Å². The third kappa shape index (κ3) is 2.56. The Morgan fingerprint density at radius 3 is 2.86 bits per heavy atom. The van der Waals surface area contributed by atoms with Crippen molar-refractivity contribution in [3.63, 3.8) is 0 Å². The number of nitrogens with one attached hydrogen (secondary N) is 1. The van der Waals surface area contributed by atoms with Crippen LogP contribution in [0.1, 0.15) is 29.5 Å². The number of halogens is 1. The van der Waals surface area contributed by atoms with Crippen LogP contribution in [-0.4, -0.2) is 11.7 Å². The summed E-state index contributed by atoms with van der Waals surface area (Å²) >= 11 is 0. The van der Waals surface area contributed by atoms with Crippen LogP contribution in [-0.2, 0) is 12.0 Å². The molecular formula is C18H17FN2O. The number of aryl methyl sites for hydroxylation is 1. The number of aliphatic hydroxyl groups is 1. The highest BCUT2D eigenvalue weighted by Gasteiger charge is 2.34. The number of hydrogen-bond acceptors (Lipinski definition) is 3. The summed E-state index contributed by atoms with van der Waals surface area (Å²) < 4.78 is 13.6. The summed E-state index contributed by atoms with van der Waals surface area (Å²) in [5.41, 5.74) is 1.48. The minimum atomic E-state index is -0.992. The van der Waals surface area contributed by atoms with E-state index in [9.17, 15) is 9.50 Å². The van der Waals surface area contributed by atoms with Gasteiger partial charge in [-0.25, -0.2) is 4.39 Å². The fourth-order valence-corrected chi connectivity index (χ4v) is 3.11. The SMILES string of the molecule is N#Cc1c(F)cccc1NCC1(O)CCCc2ccccc21. The lowest BCUT2D eigenvalue weighted by Crippen LogP contribution is -2.37. The zero-order valence-corrected chi connectivity index (χ0v) is 12.1. The maximum Gasteiger partial charge on any atom is 0.143 e. The third-order valence-corrected chi connectivity index (χ3v) is 4.25. The molecular weight excluding hydrogens is 279 g/mol. The molecule has 2 aromatic rings. The fourth-order valence-electron chi connectivity index (χ4n) is 3.11. The summed E-state index contributed by atoms with van der Waals surface area (Å²) in [5.74, 6) is -0.552. The maximum absolute atomic E-state index is 13.6. The van der Waals surface area contributed by atoms with Crippen LogP contribution in [0.2, 0.25) is 0 Å². The van der Waals surface area contributed by atoms with Gasteiger partial charge in [0.1, 0.15) is 23.1 Å². The lowest BCUT2D eigenvalue weighted by Gasteiger charge is -2.35. The van der Waals surface area contributed by atoms with E-state index in [1.807, 2.05) is 30.3 Å². The van der Waals surface area contributed by atoms with Gasteiger partial charge in [0.2, 0.25) is 0 Å². The molecule has 0 heterocycles. The van der Waals surface area contributed by atoms with E-state index in [0.717, 1.165) is 24.0 Å². The van der Waals surface area contributed by atoms with Crippen LogP contribution in [0.5, 0.6) is 0 Å². The van der Waals surface area contributed by atoms with Gasteiger partial charge in [0.05, 0.1) is 5.69 Å². The largest absolute Gasteiger partial charge is 0.383 e. The number of benzene rings is 2. The average molecular weight is 296 g/mol. The van der Waals surface area contributed by atoms with Gasteiger partial charge in [0.25, 0.3) is 0 Å². The predicted octanol–water partition coefficient (Wildman–Crippen LogP) is 3.33. The van der Waals surface area contributed by atoms with Crippen LogP contribution in [0.4, 0.5) is 10.1 Å². The van der Waals surface area contributed by atoms with Crippen LogP contribution in [0.25, 0.3) is 0 Å². The lowest BCUT2D eigenvalue weighted by atomic mass is 9.79. The van der Waals surface area contributed by atoms with Gasteiger partial charge >= 0.3 is 0 Å². The van der Waals surface area contributed by atoms with Crippen LogP contribution in [0.3, 0.4) is 0 Å². The Morgan fingerprint density at radius 1 is 1.23 bits per heavy atom. The Kier molecular flexibility index (Phi) is 3.82. The first-order valence-corrected chi connectivity index (χ1v) is 7.37. The highest BCUT2D eigenvalue weighted by atomic mass is 19.1. The molecule has 0 spiro atoms. The molecule has 1 atom stereocenters. The first-order chi connectivity index (χ1) is 10.6. The van der Waals surface area contributed by atoms with Crippen molar-refractivity contribution in [2.75, 3.05) is 11.9 Å². The molecule has 4 heteroatoms. The van der Waals surface area contributed by atoms with Gasteiger partial charge in [-0.15, -0.1) is 0 Å². The summed E-state index contributed by atoms with van der Waals surface area (Å²) in [7, 11) is 0. The van der Waals surface area contributed by atoms with Crippen molar-refractivity contribution in [1.82, 2.24) is 0 Å². The van der Waals surface area contributed by atoms with Crippen LogP contribution < -0.4 is 5.32 Å². The molecule has 0 saturated heterocycles. The van der Waals surface area contributed by atoms with E-state index in [2.05, 4.69) is 5.32 Å². The number of hydrogen-bond donors (Lipinski definition) is 2. The molecule has 0 aromatic heterocycles. The molecule has 3 nitrogen and oxygen atoms in total. The average Bonchev–Trinajstić information content (AvgIpc) is 2.54. The molecule has 0 saturated carbocycles. The molecule has 2 N–H and O–H groups in total. The van der Waals surface area contributed by atoms with Gasteiger partial charge in [-0.2, -0.15) is 5.26 Å². The second-order valence-corrected chi connectivity index (χ2v) is 5.67. The van der Waals surface area contributed by atoms with E-state index in [0.29, 0.717) is 12.1 Å². The molecule has 2 aromatic carbocycles. The minimum Gasteiger partial charge on any atom is -0.383 e. The molecule has 3 rings (SSSR count). The quantitative estimate of drug-likeness (QED) is 0.913. The zero-order valence-electron chi connectivity index (χ0n) is 12.1. The molecule has 1 aliphatic rings. The zero-order chi connectivity index (χ0) is 15.6. The van der Waals surface area contributed by atoms with E-state index in [4.69, 9.17) is 5.26 Å². The van der Waals surface area contributed by atoms with E-state index < -0.39 is 11.4 Å². The number of rotatable bonds is 3. The Labute approximate surface area is 129 Å². The minimum absolute atomic E-state index is 0.0183. The van der Waals surface area contributed by atoms with Crippen LogP contribution in [0, 0.1) is 17.1 Å². The summed E-state index contributed by atoms with van der Waals surface area (Å²) in [4.78, 5) is 0. The van der Waals surface area contributed by atoms with E-state index in [-0.39, 0.29) is 12.1 Å². The number of nitrogens with zero attached hydrogens (tertiary/aromatic N) is 1. The third-order valence-electron chi connectivity index (χ3n) is 4.25. The second-order valence-electron chi connectivity index (χ2n) is 5.67. The molecule has 0 radical (unpaired) electrons. The van der Waals surface area contributed by atoms with Crippen molar-refractivity contribution in [1.29, 1.82) is 5.26 Å². The first-order valence-electron chi connectivity index (χ1n) is 7.37. The van der Waals surface area contributed by atoms with Crippen LogP contribution in [0.15, 0.2) is 42.5 Å². The molecule has 0 amide bonds. The number of anilines is 1. The Bertz CT molecular complexity index is 738. The first kappa shape index (κ1) is 14.6. The molecule has 0 aliphatic heterocycles. The molecule has 22 heavy (non-hydrogen) atoms. The Morgan fingerprint density at radius 2 is 2.05 bits per heavy atom. The van der Waals surface area contributed by atoms with Gasteiger partial charge < -0.3 is 10.4 Å². The van der Waals surface area contributed by atoms with Crippen molar-refractivity contribution in [2.45, 2.75) is 24.9 Å². The molecule has 0 fully saturated rings. The second kappa shape index (κ2) is 5.78. The lowest BCUT2D eigenvalue weighted by molar-refractivity contribution is 0.0323. The van der Waals surface area contributed by atoms with Crippen molar-refractivity contribution in [3.8, 4) is 6.07 Å². The monoisotopic (exact) mass is 296 g/mol. The fraction of sp³-hybridized carbons (Fsp3) is 0.278. The molecule has 112 valence electrons. The molecule has 1 aliphatic carbocycles. The highest BCUT2D eigenvalue weighted by Crippen LogP contribution is 2.35. The van der Waals surface area contributed by atoms with Crippen LogP contribution >= 0.6 is 0 Å². The smallest absolute Gasteiger partial charge is 0.143 e. The number of nitriles is 1. The number of fused-ring (bicyclic) bond motifs is 1. The highest BCUT2D eigenvalue weighted by molar-refractivity contribution is 5.58. The standard InChI is InChI=1S/C18H17FN2O/c19-16-8-3-9-17(14(16)11-20)21-12-18(22)10-4-6-13-5-1-2-7-15(13)18/h1-3,5,7-9,21-22H,4,6,10,12H2. The predicted molar refractivity (Wildman–Crippen MR) is 82.9 cm³/mol. The van der Waals surface area contributed by atoms with Gasteiger partial charge in [-0.3, -0.25) is 0 Å². The molecule has 1 unspecified atom stereocenters. The van der Waals surface area contributed by atoms with Crippen molar-refractivity contribution < 1.29 is 9.50 Å². The van der Waals surface area contributed by atoms with Crippen molar-refractivity contribution in [3.05, 3.63) is 65.0 Å². The van der Waals surface area contributed by atoms with E-state index >= 15 is 0 Å². The Balaban J connectivity index is 1.86. The summed E-state index contributed by atoms with van der Waals surface area (Å²) in [5, 5.41) is 23.1. The van der Waals surface area contributed by atoms with Gasteiger partial charge in [0, 0.05) is 6.54 Å². The van der Waals surface area contributed by atoms with Gasteiger partial charge in [-0.1, -0.05) is 30.3 Å². The summed E-state index contributed by atoms with van der Waals surface area (Å²) in [6.45, 7) is 0.252.